The number of likely N-dealkylation sites (tertiary alicyclic amines) is 1. The van der Waals surface area contributed by atoms with Gasteiger partial charge in [0.05, 0.1) is 25.0 Å². The Morgan fingerprint density at radius 3 is 2.41 bits per heavy atom. The van der Waals surface area contributed by atoms with E-state index in [9.17, 15) is 10.2 Å². The first-order valence-electron chi connectivity index (χ1n) is 12.0. The number of rotatable bonds is 2. The predicted octanol–water partition coefficient (Wildman–Crippen LogP) is 4.23. The summed E-state index contributed by atoms with van der Waals surface area (Å²) in [4.78, 5) is 2.63. The number of methoxy groups -OCH3 is 1. The first-order valence-corrected chi connectivity index (χ1v) is 12.0. The van der Waals surface area contributed by atoms with E-state index >= 15 is 0 Å². The second kappa shape index (κ2) is 7.02. The fourth-order valence-electron chi connectivity index (χ4n) is 8.12. The zero-order valence-electron chi connectivity index (χ0n) is 18.5. The molecule has 5 rings (SSSR count). The van der Waals surface area contributed by atoms with Crippen LogP contribution in [0.1, 0.15) is 71.6 Å². The maximum atomic E-state index is 11.4. The van der Waals surface area contributed by atoms with E-state index in [0.717, 1.165) is 38.8 Å². The van der Waals surface area contributed by atoms with Gasteiger partial charge in [-0.3, -0.25) is 0 Å². The number of nitrogens with zero attached hydrogens (tertiary/aromatic N) is 1. The Hall–Kier alpha value is -1.00. The third-order valence-corrected chi connectivity index (χ3v) is 9.63. The average Bonchev–Trinajstić information content (AvgIpc) is 3.02. The van der Waals surface area contributed by atoms with Crippen molar-refractivity contribution >= 4 is 0 Å². The number of hydrogen-bond acceptors (Lipinski definition) is 4. The summed E-state index contributed by atoms with van der Waals surface area (Å²) in [6.07, 6.45) is 11.4. The van der Waals surface area contributed by atoms with Crippen LogP contribution >= 0.6 is 0 Å². The van der Waals surface area contributed by atoms with Gasteiger partial charge in [0, 0.05) is 24.9 Å². The molecule has 29 heavy (non-hydrogen) atoms. The third-order valence-electron chi connectivity index (χ3n) is 9.63. The Balaban J connectivity index is 1.50. The SMILES string of the molecule is COC1=C(N2CCCCC2)[C@@]2(C)CCC3C(C2C1)[C@@H](O)CC1=C[C@@H](O)CC[C@@]13C. The van der Waals surface area contributed by atoms with Crippen LogP contribution in [0.5, 0.6) is 0 Å². The molecular formula is C25H39NO3. The van der Waals surface area contributed by atoms with Gasteiger partial charge >= 0.3 is 0 Å². The Kier molecular flexibility index (Phi) is 4.82. The monoisotopic (exact) mass is 401 g/mol. The number of allylic oxidation sites excluding steroid dienone is 2. The molecule has 0 aromatic rings. The second-order valence-corrected chi connectivity index (χ2v) is 11.0. The maximum Gasteiger partial charge on any atom is 0.115 e. The summed E-state index contributed by atoms with van der Waals surface area (Å²) < 4.78 is 6.01. The minimum atomic E-state index is -0.324. The first-order chi connectivity index (χ1) is 13.9. The Morgan fingerprint density at radius 2 is 1.69 bits per heavy atom. The zero-order chi connectivity index (χ0) is 20.4. The van der Waals surface area contributed by atoms with Crippen LogP contribution < -0.4 is 0 Å². The molecule has 4 heteroatoms. The van der Waals surface area contributed by atoms with Crippen molar-refractivity contribution in [2.75, 3.05) is 20.2 Å². The van der Waals surface area contributed by atoms with Gasteiger partial charge in [-0.2, -0.15) is 0 Å². The molecule has 4 nitrogen and oxygen atoms in total. The summed E-state index contributed by atoms with van der Waals surface area (Å²) in [5, 5.41) is 21.6. The van der Waals surface area contributed by atoms with Crippen LogP contribution in [0.15, 0.2) is 23.1 Å². The highest BCUT2D eigenvalue weighted by Crippen LogP contribution is 2.67. The molecule has 1 saturated heterocycles. The first kappa shape index (κ1) is 19.9. The molecule has 5 aliphatic rings. The van der Waals surface area contributed by atoms with Gasteiger partial charge in [0.1, 0.15) is 5.76 Å². The molecule has 0 bridgehead atoms. The van der Waals surface area contributed by atoms with Gasteiger partial charge in [-0.25, -0.2) is 0 Å². The summed E-state index contributed by atoms with van der Waals surface area (Å²) in [7, 11) is 1.85. The molecule has 2 saturated carbocycles. The van der Waals surface area contributed by atoms with E-state index < -0.39 is 0 Å². The highest BCUT2D eigenvalue weighted by atomic mass is 16.5. The fourth-order valence-corrected chi connectivity index (χ4v) is 8.12. The predicted molar refractivity (Wildman–Crippen MR) is 114 cm³/mol. The van der Waals surface area contributed by atoms with Gasteiger partial charge in [0.25, 0.3) is 0 Å². The van der Waals surface area contributed by atoms with Crippen molar-refractivity contribution in [1.82, 2.24) is 4.90 Å². The van der Waals surface area contributed by atoms with Crippen LogP contribution in [0.4, 0.5) is 0 Å². The van der Waals surface area contributed by atoms with E-state index in [4.69, 9.17) is 4.74 Å². The third kappa shape index (κ3) is 2.85. The number of piperidine rings is 1. The molecule has 1 aliphatic heterocycles. The largest absolute Gasteiger partial charge is 0.499 e. The van der Waals surface area contributed by atoms with Crippen molar-refractivity contribution in [2.45, 2.75) is 83.8 Å². The number of ether oxygens (including phenoxy) is 1. The van der Waals surface area contributed by atoms with Gasteiger partial charge in [0.2, 0.25) is 0 Å². The molecule has 7 atom stereocenters. The zero-order valence-corrected chi connectivity index (χ0v) is 18.5. The summed E-state index contributed by atoms with van der Waals surface area (Å²) in [6.45, 7) is 7.20. The number of hydrogen-bond donors (Lipinski definition) is 2. The minimum absolute atomic E-state index is 0.122. The molecule has 4 aliphatic carbocycles. The maximum absolute atomic E-state index is 11.4. The van der Waals surface area contributed by atoms with Crippen LogP contribution in [0.3, 0.4) is 0 Å². The molecule has 0 aromatic carbocycles. The molecule has 0 amide bonds. The smallest absolute Gasteiger partial charge is 0.115 e. The number of aliphatic hydroxyl groups excluding tert-OH is 2. The number of aliphatic hydroxyl groups is 2. The molecule has 3 unspecified atom stereocenters. The summed E-state index contributed by atoms with van der Waals surface area (Å²) >= 11 is 0. The van der Waals surface area contributed by atoms with Crippen LogP contribution in [-0.4, -0.2) is 47.5 Å². The number of fused-ring (bicyclic) bond motifs is 5. The molecule has 3 fully saturated rings. The summed E-state index contributed by atoms with van der Waals surface area (Å²) in [5.41, 5.74) is 3.06. The highest BCUT2D eigenvalue weighted by molar-refractivity contribution is 5.33. The van der Waals surface area contributed by atoms with Crippen molar-refractivity contribution in [3.63, 3.8) is 0 Å². The minimum Gasteiger partial charge on any atom is -0.499 e. The molecule has 1 heterocycles. The van der Waals surface area contributed by atoms with Crippen molar-refractivity contribution < 1.29 is 14.9 Å². The molecule has 2 N–H and O–H groups in total. The quantitative estimate of drug-likeness (QED) is 0.680. The average molecular weight is 402 g/mol. The lowest BCUT2D eigenvalue weighted by Gasteiger charge is -2.59. The van der Waals surface area contributed by atoms with Crippen molar-refractivity contribution in [1.29, 1.82) is 0 Å². The van der Waals surface area contributed by atoms with Gasteiger partial charge in [0.15, 0.2) is 0 Å². The van der Waals surface area contributed by atoms with Crippen molar-refractivity contribution in [3.8, 4) is 0 Å². The highest BCUT2D eigenvalue weighted by Gasteiger charge is 2.61. The van der Waals surface area contributed by atoms with Gasteiger partial charge < -0.3 is 19.8 Å². The van der Waals surface area contributed by atoms with E-state index in [2.05, 4.69) is 24.8 Å². The molecule has 0 spiro atoms. The Labute approximate surface area is 176 Å². The Bertz CT molecular complexity index is 724. The van der Waals surface area contributed by atoms with E-state index in [1.165, 1.54) is 49.1 Å². The van der Waals surface area contributed by atoms with Gasteiger partial charge in [-0.1, -0.05) is 25.5 Å². The van der Waals surface area contributed by atoms with Crippen molar-refractivity contribution in [2.24, 2.45) is 28.6 Å². The second-order valence-electron chi connectivity index (χ2n) is 11.0. The van der Waals surface area contributed by atoms with Crippen molar-refractivity contribution in [3.05, 3.63) is 23.1 Å². The van der Waals surface area contributed by atoms with Crippen LogP contribution in [-0.2, 0) is 4.74 Å². The van der Waals surface area contributed by atoms with E-state index in [1.54, 1.807) is 0 Å². The lowest BCUT2D eigenvalue weighted by molar-refractivity contribution is -0.102. The standard InChI is InChI=1S/C25H39NO3/c1-24-9-7-17(27)13-16(24)14-20(28)22-18(24)8-10-25(2)19(22)15-21(29-3)23(25)26-11-5-4-6-12-26/h13,17-20,22,27-28H,4-12,14-15H2,1-3H3/t17-,18?,19?,20-,22?,24-,25-/m0/s1. The molecule has 0 radical (unpaired) electrons. The lowest BCUT2D eigenvalue weighted by atomic mass is 9.46. The van der Waals surface area contributed by atoms with Gasteiger partial charge in [-0.05, 0) is 74.5 Å². The fraction of sp³-hybridized carbons (Fsp3) is 0.840. The van der Waals surface area contributed by atoms with Crippen LogP contribution in [0, 0.1) is 28.6 Å². The molecular weight excluding hydrogens is 362 g/mol. The topological polar surface area (TPSA) is 52.9 Å². The van der Waals surface area contributed by atoms with E-state index in [0.29, 0.717) is 17.8 Å². The van der Waals surface area contributed by atoms with E-state index in [-0.39, 0.29) is 23.0 Å². The van der Waals surface area contributed by atoms with E-state index in [1.807, 2.05) is 7.11 Å². The molecule has 0 aromatic heterocycles. The Morgan fingerprint density at radius 1 is 0.966 bits per heavy atom. The summed E-state index contributed by atoms with van der Waals surface area (Å²) in [6, 6.07) is 0. The molecule has 162 valence electrons. The lowest BCUT2D eigenvalue weighted by Crippen LogP contribution is -2.56. The normalized spacial score (nSPS) is 47.3. The van der Waals surface area contributed by atoms with Crippen LogP contribution in [0.25, 0.3) is 0 Å². The van der Waals surface area contributed by atoms with Crippen LogP contribution in [0.2, 0.25) is 0 Å². The summed E-state index contributed by atoms with van der Waals surface area (Å²) in [5.74, 6) is 2.51. The van der Waals surface area contributed by atoms with Gasteiger partial charge in [-0.15, -0.1) is 0 Å².